The Morgan fingerprint density at radius 3 is 2.55 bits per heavy atom. The summed E-state index contributed by atoms with van der Waals surface area (Å²) in [5, 5.41) is 5.52. The second-order valence-electron chi connectivity index (χ2n) is 6.24. The van der Waals surface area contributed by atoms with Crippen LogP contribution in [0.5, 0.6) is 0 Å². The Hall–Kier alpha value is -3.77. The lowest BCUT2D eigenvalue weighted by Crippen LogP contribution is -2.30. The number of anilines is 2. The van der Waals surface area contributed by atoms with Gasteiger partial charge >= 0.3 is 6.01 Å². The van der Waals surface area contributed by atoms with Gasteiger partial charge in [0, 0.05) is 23.6 Å². The summed E-state index contributed by atoms with van der Waals surface area (Å²) in [6.07, 6.45) is 3.29. The van der Waals surface area contributed by atoms with Crippen LogP contribution >= 0.6 is 11.3 Å². The number of amides is 1. The minimum Gasteiger partial charge on any atom is -0.313 e. The maximum Gasteiger partial charge on any atom is 0.340 e. The molecule has 3 aromatic heterocycles. The SMILES string of the molecule is O=C(Cc1ccc(NS(=O)(=O)c2cccs2)cc1)NNc1nc(-c2ccncc2)no1. The number of rotatable bonds is 8. The van der Waals surface area contributed by atoms with E-state index in [1.807, 2.05) is 0 Å². The largest absolute Gasteiger partial charge is 0.340 e. The van der Waals surface area contributed by atoms with Crippen LogP contribution in [0.1, 0.15) is 5.56 Å². The van der Waals surface area contributed by atoms with Gasteiger partial charge in [-0.3, -0.25) is 19.9 Å². The van der Waals surface area contributed by atoms with Gasteiger partial charge in [0.2, 0.25) is 11.7 Å². The van der Waals surface area contributed by atoms with E-state index in [2.05, 4.69) is 30.7 Å². The van der Waals surface area contributed by atoms with E-state index < -0.39 is 10.0 Å². The highest BCUT2D eigenvalue weighted by Crippen LogP contribution is 2.20. The molecule has 158 valence electrons. The van der Waals surface area contributed by atoms with Crippen molar-refractivity contribution in [2.75, 3.05) is 10.1 Å². The molecule has 0 radical (unpaired) electrons. The van der Waals surface area contributed by atoms with Crippen molar-refractivity contribution < 1.29 is 17.7 Å². The Kier molecular flexibility index (Phi) is 5.91. The molecule has 0 saturated carbocycles. The first-order chi connectivity index (χ1) is 15.0. The van der Waals surface area contributed by atoms with Crippen LogP contribution in [-0.2, 0) is 21.2 Å². The number of carbonyl (C=O) groups is 1. The first-order valence-corrected chi connectivity index (χ1v) is 11.3. The molecule has 0 aliphatic rings. The Morgan fingerprint density at radius 1 is 1.06 bits per heavy atom. The van der Waals surface area contributed by atoms with Gasteiger partial charge in [-0.1, -0.05) is 23.4 Å². The van der Waals surface area contributed by atoms with Crippen LogP contribution in [0.25, 0.3) is 11.4 Å². The Balaban J connectivity index is 1.30. The van der Waals surface area contributed by atoms with Crippen LogP contribution in [0.3, 0.4) is 0 Å². The number of hydrogen-bond acceptors (Lipinski definition) is 9. The quantitative estimate of drug-likeness (QED) is 0.344. The van der Waals surface area contributed by atoms with E-state index in [0.29, 0.717) is 17.1 Å². The van der Waals surface area contributed by atoms with Crippen molar-refractivity contribution in [2.24, 2.45) is 0 Å². The third-order valence-corrected chi connectivity index (χ3v) is 6.78. The number of hydrogen-bond donors (Lipinski definition) is 3. The van der Waals surface area contributed by atoms with Crippen molar-refractivity contribution in [1.29, 1.82) is 0 Å². The summed E-state index contributed by atoms with van der Waals surface area (Å²) >= 11 is 1.13. The molecule has 0 unspecified atom stereocenters. The van der Waals surface area contributed by atoms with Gasteiger partial charge in [-0.2, -0.15) is 4.98 Å². The predicted molar refractivity (Wildman–Crippen MR) is 115 cm³/mol. The van der Waals surface area contributed by atoms with E-state index in [1.165, 1.54) is 6.07 Å². The molecule has 0 atom stereocenters. The smallest absolute Gasteiger partial charge is 0.313 e. The molecule has 0 aliphatic carbocycles. The van der Waals surface area contributed by atoms with Crippen LogP contribution < -0.4 is 15.6 Å². The van der Waals surface area contributed by atoms with Gasteiger partial charge in [-0.25, -0.2) is 13.8 Å². The maximum absolute atomic E-state index is 12.2. The summed E-state index contributed by atoms with van der Waals surface area (Å²) in [6.45, 7) is 0. The number of nitrogens with zero attached hydrogens (tertiary/aromatic N) is 3. The Bertz CT molecular complexity index is 1260. The van der Waals surface area contributed by atoms with E-state index in [0.717, 1.165) is 16.9 Å². The number of hydrazine groups is 1. The highest BCUT2D eigenvalue weighted by Gasteiger charge is 2.15. The summed E-state index contributed by atoms with van der Waals surface area (Å²) < 4.78 is 32.3. The first kappa shape index (κ1) is 20.5. The Morgan fingerprint density at radius 2 is 1.84 bits per heavy atom. The first-order valence-electron chi connectivity index (χ1n) is 8.94. The molecule has 1 amide bonds. The van der Waals surface area contributed by atoms with E-state index in [1.54, 1.807) is 60.2 Å². The van der Waals surface area contributed by atoms with Gasteiger partial charge in [-0.15, -0.1) is 11.3 Å². The molecule has 1 aromatic carbocycles. The highest BCUT2D eigenvalue weighted by molar-refractivity contribution is 7.94. The van der Waals surface area contributed by atoms with Crippen molar-refractivity contribution in [3.05, 3.63) is 71.9 Å². The van der Waals surface area contributed by atoms with Crippen LogP contribution in [0.2, 0.25) is 0 Å². The number of pyridine rings is 1. The summed E-state index contributed by atoms with van der Waals surface area (Å²) in [4.78, 5) is 20.2. The zero-order valence-corrected chi connectivity index (χ0v) is 17.5. The van der Waals surface area contributed by atoms with Crippen molar-refractivity contribution in [1.82, 2.24) is 20.6 Å². The van der Waals surface area contributed by atoms with Gasteiger partial charge in [0.1, 0.15) is 4.21 Å². The van der Waals surface area contributed by atoms with Gasteiger partial charge in [0.05, 0.1) is 6.42 Å². The molecule has 31 heavy (non-hydrogen) atoms. The minimum absolute atomic E-state index is 0.0403. The minimum atomic E-state index is -3.61. The van der Waals surface area contributed by atoms with Crippen LogP contribution in [0.4, 0.5) is 11.7 Å². The number of nitrogens with one attached hydrogen (secondary N) is 3. The van der Waals surface area contributed by atoms with E-state index >= 15 is 0 Å². The van der Waals surface area contributed by atoms with Crippen LogP contribution in [-0.4, -0.2) is 29.4 Å². The fourth-order valence-corrected chi connectivity index (χ4v) is 4.61. The highest BCUT2D eigenvalue weighted by atomic mass is 32.2. The molecule has 4 rings (SSSR count). The lowest BCUT2D eigenvalue weighted by Gasteiger charge is -2.08. The lowest BCUT2D eigenvalue weighted by atomic mass is 10.1. The average molecular weight is 457 g/mol. The molecule has 4 aromatic rings. The zero-order chi connectivity index (χ0) is 21.7. The third kappa shape index (κ3) is 5.24. The standard InChI is InChI=1S/C19H16N6O4S2/c26-16(22-23-19-21-18(24-29-19)14-7-9-20-10-8-14)12-13-3-5-15(6-4-13)25-31(27,28)17-2-1-11-30-17/h1-11,25H,12H2,(H,22,26)(H,21,23,24). The second-order valence-corrected chi connectivity index (χ2v) is 9.10. The van der Waals surface area contributed by atoms with Crippen molar-refractivity contribution in [3.8, 4) is 11.4 Å². The van der Waals surface area contributed by atoms with Crippen molar-refractivity contribution in [2.45, 2.75) is 10.6 Å². The molecule has 10 nitrogen and oxygen atoms in total. The maximum atomic E-state index is 12.2. The van der Waals surface area contributed by atoms with E-state index in [9.17, 15) is 13.2 Å². The monoisotopic (exact) mass is 456 g/mol. The third-order valence-electron chi connectivity index (χ3n) is 4.00. The lowest BCUT2D eigenvalue weighted by molar-refractivity contribution is -0.120. The van der Waals surface area contributed by atoms with Crippen molar-refractivity contribution >= 4 is 39.0 Å². The number of carbonyl (C=O) groups excluding carboxylic acids is 1. The second kappa shape index (κ2) is 8.93. The van der Waals surface area contributed by atoms with E-state index in [-0.39, 0.29) is 22.6 Å². The molecular formula is C19H16N6O4S2. The summed E-state index contributed by atoms with van der Waals surface area (Å²) in [5.74, 6) is 0.0234. The summed E-state index contributed by atoms with van der Waals surface area (Å²) in [6, 6.07) is 13.2. The van der Waals surface area contributed by atoms with Crippen LogP contribution in [0.15, 0.2) is 75.0 Å². The van der Waals surface area contributed by atoms with Gasteiger partial charge in [0.25, 0.3) is 10.0 Å². The fraction of sp³-hybridized carbons (Fsp3) is 0.0526. The molecule has 0 saturated heterocycles. The van der Waals surface area contributed by atoms with Crippen LogP contribution in [0, 0.1) is 0 Å². The topological polar surface area (TPSA) is 139 Å². The van der Waals surface area contributed by atoms with Crippen molar-refractivity contribution in [3.63, 3.8) is 0 Å². The molecule has 0 bridgehead atoms. The number of benzene rings is 1. The molecule has 3 N–H and O–H groups in total. The van der Waals surface area contributed by atoms with Gasteiger partial charge in [-0.05, 0) is 41.3 Å². The number of thiophene rings is 1. The predicted octanol–water partition coefficient (Wildman–Crippen LogP) is 2.68. The van der Waals surface area contributed by atoms with Gasteiger partial charge in [0.15, 0.2) is 0 Å². The number of aromatic nitrogens is 3. The molecule has 3 heterocycles. The normalized spacial score (nSPS) is 11.1. The summed E-state index contributed by atoms with van der Waals surface area (Å²) in [7, 11) is -3.61. The fourth-order valence-electron chi connectivity index (χ4n) is 2.56. The number of sulfonamides is 1. The average Bonchev–Trinajstić information content (AvgIpc) is 3.47. The molecule has 12 heteroatoms. The molecule has 0 spiro atoms. The van der Waals surface area contributed by atoms with E-state index in [4.69, 9.17) is 4.52 Å². The molecule has 0 fully saturated rings. The summed E-state index contributed by atoms with van der Waals surface area (Å²) in [5.41, 5.74) is 6.88. The molecular weight excluding hydrogens is 440 g/mol. The Labute approximate surface area is 181 Å². The molecule has 0 aliphatic heterocycles. The zero-order valence-electron chi connectivity index (χ0n) is 15.8. The van der Waals surface area contributed by atoms with Gasteiger partial charge < -0.3 is 4.52 Å².